The predicted octanol–water partition coefficient (Wildman–Crippen LogP) is 5.14. The molecule has 0 radical (unpaired) electrons. The number of ether oxygens (including phenoxy) is 2. The highest BCUT2D eigenvalue weighted by Gasteiger charge is 2.22. The van der Waals surface area contributed by atoms with Crippen LogP contribution in [0.4, 0.5) is 0 Å². The Kier molecular flexibility index (Phi) is 5.84. The zero-order chi connectivity index (χ0) is 15.9. The van der Waals surface area contributed by atoms with Crippen LogP contribution in [0.1, 0.15) is 49.7 Å². The summed E-state index contributed by atoms with van der Waals surface area (Å²) in [4.78, 5) is 0. The van der Waals surface area contributed by atoms with Crippen LogP contribution in [0, 0.1) is 0 Å². The van der Waals surface area contributed by atoms with Gasteiger partial charge >= 0.3 is 0 Å². The molecule has 2 unspecified atom stereocenters. The van der Waals surface area contributed by atoms with E-state index >= 15 is 0 Å². The Morgan fingerprint density at radius 3 is 2.09 bits per heavy atom. The largest absolute Gasteiger partial charge is 0.353 e. The Morgan fingerprint density at radius 1 is 0.957 bits per heavy atom. The Hall–Kier alpha value is -1.64. The summed E-state index contributed by atoms with van der Waals surface area (Å²) in [7, 11) is 0. The van der Waals surface area contributed by atoms with Crippen molar-refractivity contribution in [2.24, 2.45) is 0 Å². The minimum absolute atomic E-state index is 0.0223. The molecule has 2 nitrogen and oxygen atoms in total. The second kappa shape index (κ2) is 8.28. The Labute approximate surface area is 139 Å². The quantitative estimate of drug-likeness (QED) is 0.735. The summed E-state index contributed by atoms with van der Waals surface area (Å²) < 4.78 is 11.9. The van der Waals surface area contributed by atoms with Gasteiger partial charge in [0.1, 0.15) is 0 Å². The molecule has 3 rings (SSSR count). The average Bonchev–Trinajstić information content (AvgIpc) is 2.62. The molecule has 2 atom stereocenters. The summed E-state index contributed by atoms with van der Waals surface area (Å²) in [6.07, 6.45) is 4.50. The first kappa shape index (κ1) is 16.2. The Bertz CT molecular complexity index is 521. The van der Waals surface area contributed by atoms with Crippen LogP contribution in [0.2, 0.25) is 0 Å². The molecule has 1 fully saturated rings. The van der Waals surface area contributed by atoms with Crippen LogP contribution in [0.3, 0.4) is 0 Å². The van der Waals surface area contributed by atoms with Crippen molar-refractivity contribution in [1.29, 1.82) is 0 Å². The van der Waals surface area contributed by atoms with E-state index in [4.69, 9.17) is 9.47 Å². The number of hydrogen-bond acceptors (Lipinski definition) is 2. The van der Waals surface area contributed by atoms with Gasteiger partial charge in [-0.2, -0.15) is 0 Å². The fourth-order valence-electron chi connectivity index (χ4n) is 3.30. The van der Waals surface area contributed by atoms with Crippen molar-refractivity contribution in [2.75, 3.05) is 6.61 Å². The van der Waals surface area contributed by atoms with E-state index in [1.54, 1.807) is 0 Å². The van der Waals surface area contributed by atoms with Gasteiger partial charge in [-0.05, 0) is 43.7 Å². The third kappa shape index (κ3) is 4.66. The average molecular weight is 310 g/mol. The highest BCUT2D eigenvalue weighted by atomic mass is 16.7. The third-order valence-corrected chi connectivity index (χ3v) is 4.49. The molecule has 23 heavy (non-hydrogen) atoms. The van der Waals surface area contributed by atoms with Gasteiger partial charge in [0.25, 0.3) is 0 Å². The van der Waals surface area contributed by atoms with Crippen molar-refractivity contribution >= 4 is 0 Å². The van der Waals surface area contributed by atoms with E-state index in [1.165, 1.54) is 17.5 Å². The zero-order valence-corrected chi connectivity index (χ0v) is 13.9. The van der Waals surface area contributed by atoms with Crippen molar-refractivity contribution < 1.29 is 9.47 Å². The van der Waals surface area contributed by atoms with Crippen molar-refractivity contribution in [3.63, 3.8) is 0 Å². The van der Waals surface area contributed by atoms with Gasteiger partial charge in [-0.15, -0.1) is 0 Å². The van der Waals surface area contributed by atoms with Gasteiger partial charge < -0.3 is 9.47 Å². The van der Waals surface area contributed by atoms with Crippen LogP contribution in [0.5, 0.6) is 0 Å². The molecule has 2 heteroatoms. The molecule has 1 aliphatic heterocycles. The van der Waals surface area contributed by atoms with Crippen LogP contribution in [0.15, 0.2) is 60.7 Å². The number of hydrogen-bond donors (Lipinski definition) is 0. The standard InChI is InChI=1S/C21H26O2/c1-17(23-21-14-8-9-15-22-21)16-20(18-10-4-2-5-11-18)19-12-6-3-7-13-19/h2-7,10-13,17,20-21H,8-9,14-16H2,1H3. The molecule has 1 aliphatic rings. The van der Waals surface area contributed by atoms with Crippen LogP contribution >= 0.6 is 0 Å². The van der Waals surface area contributed by atoms with Crippen molar-refractivity contribution in [1.82, 2.24) is 0 Å². The van der Waals surface area contributed by atoms with Gasteiger partial charge in [0.15, 0.2) is 6.29 Å². The van der Waals surface area contributed by atoms with E-state index < -0.39 is 0 Å². The molecule has 2 aromatic carbocycles. The molecular weight excluding hydrogens is 284 g/mol. The first-order valence-electron chi connectivity index (χ1n) is 8.70. The fraction of sp³-hybridized carbons (Fsp3) is 0.429. The summed E-state index contributed by atoms with van der Waals surface area (Å²) in [6, 6.07) is 21.4. The molecule has 0 bridgehead atoms. The predicted molar refractivity (Wildman–Crippen MR) is 93.5 cm³/mol. The van der Waals surface area contributed by atoms with E-state index in [2.05, 4.69) is 67.6 Å². The number of benzene rings is 2. The van der Waals surface area contributed by atoms with Crippen LogP contribution in [-0.2, 0) is 9.47 Å². The lowest BCUT2D eigenvalue weighted by Gasteiger charge is -2.28. The normalized spacial score (nSPS) is 19.7. The van der Waals surface area contributed by atoms with Gasteiger partial charge in [-0.25, -0.2) is 0 Å². The summed E-state index contributed by atoms with van der Waals surface area (Å²) in [6.45, 7) is 3.00. The molecular formula is C21H26O2. The SMILES string of the molecule is CC(CC(c1ccccc1)c1ccccc1)OC1CCCCO1. The lowest BCUT2D eigenvalue weighted by atomic mass is 9.87. The van der Waals surface area contributed by atoms with E-state index in [9.17, 15) is 0 Å². The second-order valence-electron chi connectivity index (χ2n) is 6.35. The van der Waals surface area contributed by atoms with Gasteiger partial charge in [0.2, 0.25) is 0 Å². The summed E-state index contributed by atoms with van der Waals surface area (Å²) in [5, 5.41) is 0. The molecule has 0 aliphatic carbocycles. The lowest BCUT2D eigenvalue weighted by molar-refractivity contribution is -0.185. The molecule has 122 valence electrons. The minimum atomic E-state index is -0.0223. The molecule has 0 aromatic heterocycles. The summed E-state index contributed by atoms with van der Waals surface area (Å²) in [5.41, 5.74) is 2.69. The van der Waals surface area contributed by atoms with Crippen LogP contribution < -0.4 is 0 Å². The molecule has 2 aromatic rings. The molecule has 0 N–H and O–H groups in total. The van der Waals surface area contributed by atoms with Crippen LogP contribution in [0.25, 0.3) is 0 Å². The van der Waals surface area contributed by atoms with E-state index in [-0.39, 0.29) is 12.4 Å². The van der Waals surface area contributed by atoms with Crippen molar-refractivity contribution in [3.05, 3.63) is 71.8 Å². The van der Waals surface area contributed by atoms with Gasteiger partial charge in [-0.1, -0.05) is 60.7 Å². The van der Waals surface area contributed by atoms with Crippen molar-refractivity contribution in [2.45, 2.75) is 50.9 Å². The number of rotatable bonds is 6. The third-order valence-electron chi connectivity index (χ3n) is 4.49. The molecule has 0 saturated carbocycles. The first-order valence-corrected chi connectivity index (χ1v) is 8.70. The highest BCUT2D eigenvalue weighted by Crippen LogP contribution is 2.30. The highest BCUT2D eigenvalue weighted by molar-refractivity contribution is 5.32. The van der Waals surface area contributed by atoms with E-state index in [0.29, 0.717) is 5.92 Å². The summed E-state index contributed by atoms with van der Waals surface area (Å²) >= 11 is 0. The second-order valence-corrected chi connectivity index (χ2v) is 6.35. The van der Waals surface area contributed by atoms with E-state index in [0.717, 1.165) is 25.9 Å². The Morgan fingerprint density at radius 2 is 1.57 bits per heavy atom. The molecule has 1 heterocycles. The molecule has 1 saturated heterocycles. The lowest BCUT2D eigenvalue weighted by Crippen LogP contribution is -2.27. The minimum Gasteiger partial charge on any atom is -0.353 e. The topological polar surface area (TPSA) is 18.5 Å². The summed E-state index contributed by atoms with van der Waals surface area (Å²) in [5.74, 6) is 0.357. The van der Waals surface area contributed by atoms with Gasteiger partial charge in [0, 0.05) is 12.5 Å². The first-order chi connectivity index (χ1) is 11.3. The zero-order valence-electron chi connectivity index (χ0n) is 13.9. The molecule has 0 spiro atoms. The smallest absolute Gasteiger partial charge is 0.157 e. The maximum atomic E-state index is 6.14. The maximum Gasteiger partial charge on any atom is 0.157 e. The monoisotopic (exact) mass is 310 g/mol. The van der Waals surface area contributed by atoms with Crippen LogP contribution in [-0.4, -0.2) is 19.0 Å². The van der Waals surface area contributed by atoms with Gasteiger partial charge in [-0.3, -0.25) is 0 Å². The van der Waals surface area contributed by atoms with Crippen molar-refractivity contribution in [3.8, 4) is 0 Å². The van der Waals surface area contributed by atoms with Gasteiger partial charge in [0.05, 0.1) is 6.10 Å². The fourth-order valence-corrected chi connectivity index (χ4v) is 3.30. The Balaban J connectivity index is 1.71. The van der Waals surface area contributed by atoms with E-state index in [1.807, 2.05) is 0 Å². The molecule has 0 amide bonds. The maximum absolute atomic E-state index is 6.14.